The average Bonchev–Trinajstić information content (AvgIpc) is 2.56. The highest BCUT2D eigenvalue weighted by atomic mass is 32.2. The van der Waals surface area contributed by atoms with Gasteiger partial charge in [0.15, 0.2) is 0 Å². The van der Waals surface area contributed by atoms with Gasteiger partial charge < -0.3 is 9.84 Å². The van der Waals surface area contributed by atoms with Gasteiger partial charge in [0.2, 0.25) is 0 Å². The zero-order chi connectivity index (χ0) is 16.8. The summed E-state index contributed by atoms with van der Waals surface area (Å²) in [6.45, 7) is -0.358. The summed E-state index contributed by atoms with van der Waals surface area (Å²) in [7, 11) is -0.374. The van der Waals surface area contributed by atoms with Gasteiger partial charge in [-0.2, -0.15) is 0 Å². The first kappa shape index (κ1) is 17.3. The van der Waals surface area contributed by atoms with E-state index in [-0.39, 0.29) is 18.2 Å². The Morgan fingerprint density at radius 3 is 2.43 bits per heavy atom. The first-order chi connectivity index (χ1) is 11.1. The molecule has 0 saturated carbocycles. The largest absolute Gasteiger partial charge is 0.468 e. The van der Waals surface area contributed by atoms with Crippen molar-refractivity contribution < 1.29 is 23.2 Å². The molecule has 2 aromatic rings. The molecule has 2 aromatic carbocycles. The molecule has 4 nitrogen and oxygen atoms in total. The molecule has 1 N–H and O–H groups in total. The van der Waals surface area contributed by atoms with Gasteiger partial charge in [-0.15, -0.1) is 0 Å². The van der Waals surface area contributed by atoms with E-state index in [4.69, 9.17) is 0 Å². The number of aliphatic hydroxyl groups is 1. The van der Waals surface area contributed by atoms with Crippen LogP contribution in [0, 0.1) is 5.82 Å². The van der Waals surface area contributed by atoms with Crippen molar-refractivity contribution in [3.63, 3.8) is 0 Å². The van der Waals surface area contributed by atoms with Crippen molar-refractivity contribution in [1.82, 2.24) is 0 Å². The van der Waals surface area contributed by atoms with E-state index in [0.29, 0.717) is 16.7 Å². The molecule has 6 heteroatoms. The van der Waals surface area contributed by atoms with E-state index in [0.717, 1.165) is 0 Å². The molecule has 0 radical (unpaired) electrons. The Morgan fingerprint density at radius 2 is 1.87 bits per heavy atom. The molecule has 0 aromatic heterocycles. The number of benzene rings is 2. The van der Waals surface area contributed by atoms with Crippen LogP contribution in [0.15, 0.2) is 48.5 Å². The Morgan fingerprint density at radius 1 is 1.22 bits per heavy atom. The zero-order valence-electron chi connectivity index (χ0n) is 12.6. The van der Waals surface area contributed by atoms with Crippen molar-refractivity contribution >= 4 is 16.8 Å². The number of esters is 1. The van der Waals surface area contributed by atoms with Crippen molar-refractivity contribution in [3.8, 4) is 11.1 Å². The van der Waals surface area contributed by atoms with Crippen LogP contribution < -0.4 is 0 Å². The molecule has 0 bridgehead atoms. The first-order valence-electron chi connectivity index (χ1n) is 6.96. The SMILES string of the molecule is COC(=O)CS(=O)C(CO)c1ccc(-c2ccccc2F)cc1. The number of ether oxygens (including phenoxy) is 1. The predicted molar refractivity (Wildman–Crippen MR) is 86.7 cm³/mol. The van der Waals surface area contributed by atoms with Crippen LogP contribution in [-0.4, -0.2) is 34.8 Å². The fourth-order valence-electron chi connectivity index (χ4n) is 2.19. The van der Waals surface area contributed by atoms with Gasteiger partial charge in [0.25, 0.3) is 0 Å². The van der Waals surface area contributed by atoms with Gasteiger partial charge in [-0.25, -0.2) is 4.39 Å². The molecule has 0 spiro atoms. The van der Waals surface area contributed by atoms with E-state index in [9.17, 15) is 18.5 Å². The third-order valence-corrected chi connectivity index (χ3v) is 5.01. The second-order valence-electron chi connectivity index (χ2n) is 4.87. The minimum absolute atomic E-state index is 0.281. The zero-order valence-corrected chi connectivity index (χ0v) is 13.4. The number of methoxy groups -OCH3 is 1. The average molecular weight is 336 g/mol. The van der Waals surface area contributed by atoms with Gasteiger partial charge in [0.05, 0.1) is 19.0 Å². The van der Waals surface area contributed by atoms with Crippen LogP contribution in [0.2, 0.25) is 0 Å². The standard InChI is InChI=1S/C17H17FO4S/c1-22-17(20)11-23(21)16(10-19)13-8-6-12(7-9-13)14-4-2-3-5-15(14)18/h2-9,16,19H,10-11H2,1H3. The fraction of sp³-hybridized carbons (Fsp3) is 0.235. The van der Waals surface area contributed by atoms with Crippen LogP contribution in [0.5, 0.6) is 0 Å². The van der Waals surface area contributed by atoms with Crippen molar-refractivity contribution in [2.45, 2.75) is 5.25 Å². The van der Waals surface area contributed by atoms with Gasteiger partial charge in [-0.05, 0) is 17.2 Å². The summed E-state index contributed by atoms with van der Waals surface area (Å²) in [5.74, 6) is -1.20. The summed E-state index contributed by atoms with van der Waals surface area (Å²) in [5.41, 5.74) is 1.77. The maximum absolute atomic E-state index is 13.8. The molecular formula is C17H17FO4S. The van der Waals surface area contributed by atoms with Gasteiger partial charge in [0, 0.05) is 16.4 Å². The molecule has 0 aliphatic rings. The number of halogens is 1. The molecule has 2 atom stereocenters. The number of hydrogen-bond donors (Lipinski definition) is 1. The highest BCUT2D eigenvalue weighted by molar-refractivity contribution is 7.86. The lowest BCUT2D eigenvalue weighted by Gasteiger charge is -2.14. The fourth-order valence-corrected chi connectivity index (χ4v) is 3.37. The third-order valence-electron chi connectivity index (χ3n) is 3.44. The Balaban J connectivity index is 2.22. The Labute approximate surface area is 136 Å². The van der Waals surface area contributed by atoms with Gasteiger partial charge in [-0.1, -0.05) is 42.5 Å². The van der Waals surface area contributed by atoms with E-state index in [1.807, 2.05) is 0 Å². The second kappa shape index (κ2) is 7.99. The van der Waals surface area contributed by atoms with Crippen LogP contribution in [-0.2, 0) is 20.3 Å². The van der Waals surface area contributed by atoms with Crippen molar-refractivity contribution in [2.75, 3.05) is 19.5 Å². The number of carbonyl (C=O) groups is 1. The smallest absolute Gasteiger partial charge is 0.318 e. The summed E-state index contributed by atoms with van der Waals surface area (Å²) in [6.07, 6.45) is 0. The lowest BCUT2D eigenvalue weighted by Crippen LogP contribution is -2.20. The molecule has 0 heterocycles. The molecule has 0 amide bonds. The molecule has 0 aliphatic carbocycles. The predicted octanol–water partition coefficient (Wildman–Crippen LogP) is 2.45. The maximum atomic E-state index is 13.8. The quantitative estimate of drug-likeness (QED) is 0.823. The summed E-state index contributed by atoms with van der Waals surface area (Å²) < 4.78 is 30.4. The minimum atomic E-state index is -1.59. The highest BCUT2D eigenvalue weighted by Gasteiger charge is 2.21. The number of aliphatic hydroxyl groups excluding tert-OH is 1. The normalized spacial score (nSPS) is 13.3. The molecule has 122 valence electrons. The third kappa shape index (κ3) is 4.24. The summed E-state index contributed by atoms with van der Waals surface area (Å²) in [6, 6.07) is 13.2. The molecule has 23 heavy (non-hydrogen) atoms. The molecule has 0 aliphatic heterocycles. The molecule has 2 rings (SSSR count). The van der Waals surface area contributed by atoms with Crippen molar-refractivity contribution in [2.24, 2.45) is 0 Å². The van der Waals surface area contributed by atoms with Crippen LogP contribution in [0.25, 0.3) is 11.1 Å². The molecule has 0 fully saturated rings. The minimum Gasteiger partial charge on any atom is -0.468 e. The highest BCUT2D eigenvalue weighted by Crippen LogP contribution is 2.26. The van der Waals surface area contributed by atoms with E-state index < -0.39 is 22.0 Å². The lowest BCUT2D eigenvalue weighted by atomic mass is 10.0. The van der Waals surface area contributed by atoms with Crippen molar-refractivity contribution in [3.05, 3.63) is 59.9 Å². The summed E-state index contributed by atoms with van der Waals surface area (Å²) in [4.78, 5) is 11.2. The van der Waals surface area contributed by atoms with Crippen LogP contribution >= 0.6 is 0 Å². The van der Waals surface area contributed by atoms with E-state index >= 15 is 0 Å². The van der Waals surface area contributed by atoms with E-state index in [1.165, 1.54) is 13.2 Å². The monoisotopic (exact) mass is 336 g/mol. The van der Waals surface area contributed by atoms with Crippen molar-refractivity contribution in [1.29, 1.82) is 0 Å². The van der Waals surface area contributed by atoms with E-state index in [2.05, 4.69) is 4.74 Å². The summed E-state index contributed by atoms with van der Waals surface area (Å²) >= 11 is 0. The van der Waals surface area contributed by atoms with Crippen LogP contribution in [0.4, 0.5) is 4.39 Å². The second-order valence-corrected chi connectivity index (χ2v) is 6.49. The Hall–Kier alpha value is -2.05. The first-order valence-corrected chi connectivity index (χ1v) is 8.34. The van der Waals surface area contributed by atoms with Crippen LogP contribution in [0.3, 0.4) is 0 Å². The Kier molecular flexibility index (Phi) is 6.01. The van der Waals surface area contributed by atoms with Gasteiger partial charge in [-0.3, -0.25) is 9.00 Å². The molecule has 0 saturated heterocycles. The lowest BCUT2D eigenvalue weighted by molar-refractivity contribution is -0.137. The topological polar surface area (TPSA) is 63.6 Å². The van der Waals surface area contributed by atoms with Crippen LogP contribution in [0.1, 0.15) is 10.8 Å². The Bertz CT molecular complexity index is 700. The van der Waals surface area contributed by atoms with E-state index in [1.54, 1.807) is 42.5 Å². The summed E-state index contributed by atoms with van der Waals surface area (Å²) in [5, 5.41) is 8.77. The number of hydrogen-bond acceptors (Lipinski definition) is 4. The van der Waals surface area contributed by atoms with Gasteiger partial charge >= 0.3 is 5.97 Å². The molecular weight excluding hydrogens is 319 g/mol. The number of rotatable bonds is 6. The molecule has 2 unspecified atom stereocenters. The van der Waals surface area contributed by atoms with Gasteiger partial charge in [0.1, 0.15) is 11.6 Å². The number of carbonyl (C=O) groups excluding carboxylic acids is 1. The maximum Gasteiger partial charge on any atom is 0.318 e.